The number of aromatic nitrogens is 3. The Morgan fingerprint density at radius 1 is 0.903 bits per heavy atom. The van der Waals surface area contributed by atoms with Gasteiger partial charge in [0.25, 0.3) is 5.56 Å². The first-order valence-corrected chi connectivity index (χ1v) is 10.1. The number of halogens is 1. The third kappa shape index (κ3) is 3.15. The Balaban J connectivity index is 1.94. The Morgan fingerprint density at radius 3 is 2.39 bits per heavy atom. The first kappa shape index (κ1) is 19.3. The van der Waals surface area contributed by atoms with Crippen LogP contribution in [0.5, 0.6) is 5.88 Å². The highest BCUT2D eigenvalue weighted by Gasteiger charge is 2.25. The number of hydrogen-bond acceptors (Lipinski definition) is 5. The fourth-order valence-electron chi connectivity index (χ4n) is 3.52. The third-order valence-electron chi connectivity index (χ3n) is 4.93. The van der Waals surface area contributed by atoms with E-state index in [1.807, 2.05) is 30.3 Å². The minimum atomic E-state index is -0.543. The molecular formula is C23H14ClN3O3S. The Kier molecular flexibility index (Phi) is 4.69. The lowest BCUT2D eigenvalue weighted by Gasteiger charge is -2.17. The summed E-state index contributed by atoms with van der Waals surface area (Å²) < 4.78 is 8.34. The zero-order valence-electron chi connectivity index (χ0n) is 15.9. The van der Waals surface area contributed by atoms with Crippen LogP contribution < -0.4 is 5.56 Å². The summed E-state index contributed by atoms with van der Waals surface area (Å²) >= 11 is 11.8. The maximum Gasteiger partial charge on any atom is 0.274 e. The topological polar surface area (TPSA) is 73.2 Å². The van der Waals surface area contributed by atoms with Crippen LogP contribution in [-0.4, -0.2) is 19.4 Å². The van der Waals surface area contributed by atoms with Gasteiger partial charge in [-0.2, -0.15) is 0 Å². The molecule has 0 saturated carbocycles. The number of nitrogens with zero attached hydrogens (tertiary/aromatic N) is 3. The first-order chi connectivity index (χ1) is 15.1. The molecule has 1 N–H and O–H groups in total. The molecule has 0 bridgehead atoms. The number of para-hydroxylation sites is 1. The van der Waals surface area contributed by atoms with Crippen molar-refractivity contribution >= 4 is 34.7 Å². The third-order valence-corrected chi connectivity index (χ3v) is 5.53. The molecule has 5 rings (SSSR count). The van der Waals surface area contributed by atoms with Crippen molar-refractivity contribution in [3.63, 3.8) is 0 Å². The summed E-state index contributed by atoms with van der Waals surface area (Å²) in [6.45, 7) is 0. The SMILES string of the molecule is O=c1c(-c2onc3ccccc23)c(O)n(-c2ccccc2)c(=S)n1-c1cccc(Cl)c1. The van der Waals surface area contributed by atoms with Gasteiger partial charge in [0, 0.05) is 5.02 Å². The quantitative estimate of drug-likeness (QED) is 0.368. The molecule has 6 nitrogen and oxygen atoms in total. The normalized spacial score (nSPS) is 11.1. The van der Waals surface area contributed by atoms with E-state index in [0.29, 0.717) is 27.3 Å². The number of rotatable bonds is 3. The molecule has 0 amide bonds. The van der Waals surface area contributed by atoms with Crippen molar-refractivity contribution in [3.05, 3.63) is 99.0 Å². The van der Waals surface area contributed by atoms with Crippen molar-refractivity contribution in [2.24, 2.45) is 0 Å². The Labute approximate surface area is 186 Å². The molecule has 152 valence electrons. The molecule has 3 aromatic carbocycles. The van der Waals surface area contributed by atoms with E-state index in [4.69, 9.17) is 28.3 Å². The molecule has 0 spiro atoms. The van der Waals surface area contributed by atoms with E-state index in [1.165, 1.54) is 9.13 Å². The van der Waals surface area contributed by atoms with Crippen LogP contribution in [0.15, 0.2) is 88.2 Å². The predicted molar refractivity (Wildman–Crippen MR) is 122 cm³/mol. The van der Waals surface area contributed by atoms with Crippen molar-refractivity contribution in [2.45, 2.75) is 0 Å². The zero-order chi connectivity index (χ0) is 21.5. The molecule has 0 fully saturated rings. The van der Waals surface area contributed by atoms with Gasteiger partial charge in [-0.1, -0.05) is 53.2 Å². The molecule has 2 heterocycles. The summed E-state index contributed by atoms with van der Waals surface area (Å²) in [6, 6.07) is 23.0. The number of aromatic hydroxyl groups is 1. The highest BCUT2D eigenvalue weighted by Crippen LogP contribution is 2.34. The van der Waals surface area contributed by atoms with Crippen LogP contribution >= 0.6 is 23.8 Å². The molecule has 0 saturated heterocycles. The van der Waals surface area contributed by atoms with Gasteiger partial charge in [0.15, 0.2) is 10.5 Å². The van der Waals surface area contributed by atoms with Crippen LogP contribution in [0, 0.1) is 4.77 Å². The van der Waals surface area contributed by atoms with Crippen LogP contribution in [-0.2, 0) is 0 Å². The fourth-order valence-corrected chi connectivity index (χ4v) is 4.08. The van der Waals surface area contributed by atoms with Gasteiger partial charge in [-0.15, -0.1) is 0 Å². The van der Waals surface area contributed by atoms with Gasteiger partial charge in [-0.25, -0.2) is 0 Å². The van der Waals surface area contributed by atoms with E-state index in [1.54, 1.807) is 48.5 Å². The van der Waals surface area contributed by atoms with Crippen LogP contribution in [0.3, 0.4) is 0 Å². The molecule has 0 aliphatic carbocycles. The summed E-state index contributed by atoms with van der Waals surface area (Å²) in [6.07, 6.45) is 0. The summed E-state index contributed by atoms with van der Waals surface area (Å²) in [5.41, 5.74) is 1.03. The minimum Gasteiger partial charge on any atom is -0.493 e. The van der Waals surface area contributed by atoms with Crippen molar-refractivity contribution in [3.8, 4) is 28.6 Å². The average molecular weight is 448 g/mol. The van der Waals surface area contributed by atoms with Gasteiger partial charge in [0.1, 0.15) is 11.1 Å². The lowest BCUT2D eigenvalue weighted by atomic mass is 10.1. The van der Waals surface area contributed by atoms with E-state index >= 15 is 0 Å². The number of hydrogen-bond donors (Lipinski definition) is 1. The van der Waals surface area contributed by atoms with Gasteiger partial charge in [0.05, 0.1) is 16.8 Å². The molecule has 0 unspecified atom stereocenters. The smallest absolute Gasteiger partial charge is 0.274 e. The summed E-state index contributed by atoms with van der Waals surface area (Å²) in [4.78, 5) is 13.6. The standard InChI is InChI=1S/C23H14ClN3O3S/c24-14-7-6-10-16(13-14)27-22(29)19(20-17-11-4-5-12-18(17)25-30-20)21(28)26(23(27)31)15-8-2-1-3-9-15/h1-13,28H. The fraction of sp³-hybridized carbons (Fsp3) is 0. The highest BCUT2D eigenvalue weighted by atomic mass is 35.5. The second-order valence-electron chi connectivity index (χ2n) is 6.80. The molecule has 31 heavy (non-hydrogen) atoms. The zero-order valence-corrected chi connectivity index (χ0v) is 17.5. The highest BCUT2D eigenvalue weighted by molar-refractivity contribution is 7.71. The van der Waals surface area contributed by atoms with E-state index < -0.39 is 5.56 Å². The van der Waals surface area contributed by atoms with Gasteiger partial charge < -0.3 is 9.63 Å². The van der Waals surface area contributed by atoms with Crippen LogP contribution in [0.1, 0.15) is 0 Å². The predicted octanol–water partition coefficient (Wildman–Crippen LogP) is 5.52. The summed E-state index contributed by atoms with van der Waals surface area (Å²) in [7, 11) is 0. The van der Waals surface area contributed by atoms with Gasteiger partial charge in [-0.05, 0) is 54.7 Å². The summed E-state index contributed by atoms with van der Waals surface area (Å²) in [5, 5.41) is 16.3. The largest absolute Gasteiger partial charge is 0.493 e. The number of fused-ring (bicyclic) bond motifs is 1. The average Bonchev–Trinajstić information content (AvgIpc) is 3.18. The minimum absolute atomic E-state index is 0.0499. The Bertz CT molecular complexity index is 1550. The molecule has 5 aromatic rings. The molecule has 8 heteroatoms. The van der Waals surface area contributed by atoms with Crippen molar-refractivity contribution < 1.29 is 9.63 Å². The van der Waals surface area contributed by atoms with Crippen LogP contribution in [0.4, 0.5) is 0 Å². The van der Waals surface area contributed by atoms with Crippen molar-refractivity contribution in [1.82, 2.24) is 14.3 Å². The van der Waals surface area contributed by atoms with Crippen LogP contribution in [0.25, 0.3) is 33.6 Å². The molecule has 2 aromatic heterocycles. The Morgan fingerprint density at radius 2 is 1.61 bits per heavy atom. The first-order valence-electron chi connectivity index (χ1n) is 9.33. The molecule has 0 atom stereocenters. The van der Waals surface area contributed by atoms with E-state index in [0.717, 1.165) is 0 Å². The second-order valence-corrected chi connectivity index (χ2v) is 7.60. The maximum absolute atomic E-state index is 13.6. The van der Waals surface area contributed by atoms with E-state index in [-0.39, 0.29) is 22.0 Å². The monoisotopic (exact) mass is 447 g/mol. The Hall–Kier alpha value is -3.68. The molecule has 0 radical (unpaired) electrons. The van der Waals surface area contributed by atoms with Crippen molar-refractivity contribution in [2.75, 3.05) is 0 Å². The summed E-state index contributed by atoms with van der Waals surface area (Å²) in [5.74, 6) is -0.171. The second kappa shape index (κ2) is 7.54. The van der Waals surface area contributed by atoms with E-state index in [9.17, 15) is 9.90 Å². The number of benzene rings is 3. The molecular weight excluding hydrogens is 434 g/mol. The van der Waals surface area contributed by atoms with Crippen molar-refractivity contribution in [1.29, 1.82) is 0 Å². The van der Waals surface area contributed by atoms with Gasteiger partial charge in [0.2, 0.25) is 5.88 Å². The van der Waals surface area contributed by atoms with Gasteiger partial charge >= 0.3 is 0 Å². The molecule has 0 aliphatic heterocycles. The lowest BCUT2D eigenvalue weighted by Crippen LogP contribution is -2.25. The lowest BCUT2D eigenvalue weighted by molar-refractivity contribution is 0.416. The van der Waals surface area contributed by atoms with E-state index in [2.05, 4.69) is 5.16 Å². The maximum atomic E-state index is 13.6. The molecule has 0 aliphatic rings. The van der Waals surface area contributed by atoms with Crippen LogP contribution in [0.2, 0.25) is 5.02 Å². The van der Waals surface area contributed by atoms with Gasteiger partial charge in [-0.3, -0.25) is 13.9 Å².